The number of carbonyl (C=O) groups excluding carboxylic acids is 1. The number of rotatable bonds is 3. The first kappa shape index (κ1) is 14.7. The zero-order valence-corrected chi connectivity index (χ0v) is 13.2. The molecule has 0 aliphatic carbocycles. The number of carbonyl (C=O) groups is 1. The highest BCUT2D eigenvalue weighted by Gasteiger charge is 2.36. The van der Waals surface area contributed by atoms with Crippen LogP contribution < -0.4 is 5.32 Å². The predicted octanol–water partition coefficient (Wildman–Crippen LogP) is 2.70. The minimum Gasteiger partial charge on any atom is -0.317 e. The van der Waals surface area contributed by atoms with Crippen molar-refractivity contribution in [2.45, 2.75) is 51.6 Å². The monoisotopic (exact) mass is 286 g/mol. The molecule has 3 rings (SSSR count). The third kappa shape index (κ3) is 3.04. The lowest BCUT2D eigenvalue weighted by atomic mass is 9.95. The van der Waals surface area contributed by atoms with Crippen molar-refractivity contribution >= 4 is 5.78 Å². The molecule has 1 unspecified atom stereocenters. The highest BCUT2D eigenvalue weighted by Crippen LogP contribution is 2.27. The van der Waals surface area contributed by atoms with Gasteiger partial charge in [0, 0.05) is 11.6 Å². The van der Waals surface area contributed by atoms with E-state index in [1.807, 2.05) is 6.07 Å². The fourth-order valence-corrected chi connectivity index (χ4v) is 3.92. The third-order valence-electron chi connectivity index (χ3n) is 5.02. The fourth-order valence-electron chi connectivity index (χ4n) is 3.92. The summed E-state index contributed by atoms with van der Waals surface area (Å²) >= 11 is 0. The summed E-state index contributed by atoms with van der Waals surface area (Å²) in [6.45, 7) is 7.41. The molecule has 1 aromatic carbocycles. The quantitative estimate of drug-likeness (QED) is 0.867. The van der Waals surface area contributed by atoms with Gasteiger partial charge in [-0.05, 0) is 64.7 Å². The van der Waals surface area contributed by atoms with Gasteiger partial charge in [0.05, 0.1) is 6.04 Å². The Balaban J connectivity index is 1.79. The van der Waals surface area contributed by atoms with Gasteiger partial charge in [0.15, 0.2) is 5.78 Å². The van der Waals surface area contributed by atoms with Crippen LogP contribution in [0.15, 0.2) is 18.2 Å². The molecule has 0 spiro atoms. The van der Waals surface area contributed by atoms with Crippen LogP contribution in [0.25, 0.3) is 0 Å². The van der Waals surface area contributed by atoms with Crippen LogP contribution in [0.2, 0.25) is 0 Å². The summed E-state index contributed by atoms with van der Waals surface area (Å²) in [4.78, 5) is 15.5. The molecule has 2 heterocycles. The Labute approximate surface area is 127 Å². The fraction of sp³-hybridized carbons (Fsp3) is 0.611. The number of aryl methyl sites for hydroxylation is 2. The Kier molecular flexibility index (Phi) is 4.41. The number of nitrogens with one attached hydrogen (secondary N) is 1. The van der Waals surface area contributed by atoms with Crippen molar-refractivity contribution in [2.24, 2.45) is 0 Å². The van der Waals surface area contributed by atoms with Gasteiger partial charge in [-0.15, -0.1) is 0 Å². The van der Waals surface area contributed by atoms with E-state index in [0.29, 0.717) is 11.8 Å². The highest BCUT2D eigenvalue weighted by molar-refractivity contribution is 6.01. The average Bonchev–Trinajstić information content (AvgIpc) is 2.97. The van der Waals surface area contributed by atoms with E-state index in [2.05, 4.69) is 36.2 Å². The van der Waals surface area contributed by atoms with Gasteiger partial charge in [-0.3, -0.25) is 9.69 Å². The highest BCUT2D eigenvalue weighted by atomic mass is 16.1. The summed E-state index contributed by atoms with van der Waals surface area (Å²) in [5, 5.41) is 3.42. The molecule has 1 atom stereocenters. The van der Waals surface area contributed by atoms with E-state index >= 15 is 0 Å². The third-order valence-corrected chi connectivity index (χ3v) is 5.02. The van der Waals surface area contributed by atoms with Crippen LogP contribution in [-0.2, 0) is 0 Å². The van der Waals surface area contributed by atoms with Gasteiger partial charge in [0.1, 0.15) is 0 Å². The van der Waals surface area contributed by atoms with Gasteiger partial charge in [-0.2, -0.15) is 0 Å². The van der Waals surface area contributed by atoms with Gasteiger partial charge in [-0.25, -0.2) is 0 Å². The maximum absolute atomic E-state index is 13.0. The molecule has 1 aromatic rings. The Morgan fingerprint density at radius 2 is 1.95 bits per heavy atom. The van der Waals surface area contributed by atoms with Gasteiger partial charge >= 0.3 is 0 Å². The van der Waals surface area contributed by atoms with E-state index in [4.69, 9.17) is 0 Å². The van der Waals surface area contributed by atoms with Crippen LogP contribution in [0.1, 0.15) is 47.2 Å². The lowest BCUT2D eigenvalue weighted by molar-refractivity contribution is 0.0783. The van der Waals surface area contributed by atoms with Crippen LogP contribution in [0.4, 0.5) is 0 Å². The Morgan fingerprint density at radius 3 is 2.67 bits per heavy atom. The van der Waals surface area contributed by atoms with Crippen LogP contribution in [-0.4, -0.2) is 42.4 Å². The van der Waals surface area contributed by atoms with Crippen molar-refractivity contribution in [3.8, 4) is 0 Å². The Hall–Kier alpha value is -1.19. The molecule has 2 fully saturated rings. The van der Waals surface area contributed by atoms with Crippen LogP contribution >= 0.6 is 0 Å². The molecule has 0 radical (unpaired) electrons. The maximum atomic E-state index is 13.0. The van der Waals surface area contributed by atoms with Crippen molar-refractivity contribution in [3.05, 3.63) is 34.9 Å². The molecule has 3 nitrogen and oxygen atoms in total. The van der Waals surface area contributed by atoms with E-state index in [-0.39, 0.29) is 6.04 Å². The molecular formula is C18H26N2O. The molecule has 2 aliphatic heterocycles. The van der Waals surface area contributed by atoms with E-state index in [9.17, 15) is 4.79 Å². The lowest BCUT2D eigenvalue weighted by Crippen LogP contribution is -2.48. The Morgan fingerprint density at radius 1 is 1.19 bits per heavy atom. The summed E-state index contributed by atoms with van der Waals surface area (Å²) in [7, 11) is 0. The average molecular weight is 286 g/mol. The van der Waals surface area contributed by atoms with Gasteiger partial charge in [0.25, 0.3) is 0 Å². The molecule has 2 saturated heterocycles. The van der Waals surface area contributed by atoms with Crippen molar-refractivity contribution in [2.75, 3.05) is 19.6 Å². The van der Waals surface area contributed by atoms with E-state index in [1.165, 1.54) is 18.4 Å². The first-order chi connectivity index (χ1) is 10.2. The molecule has 1 N–H and O–H groups in total. The van der Waals surface area contributed by atoms with Crippen molar-refractivity contribution < 1.29 is 4.79 Å². The number of benzene rings is 1. The first-order valence-electron chi connectivity index (χ1n) is 8.25. The molecule has 2 aliphatic rings. The number of nitrogens with zero attached hydrogens (tertiary/aromatic N) is 1. The van der Waals surface area contributed by atoms with E-state index in [1.54, 1.807) is 0 Å². The van der Waals surface area contributed by atoms with E-state index < -0.39 is 0 Å². The van der Waals surface area contributed by atoms with Gasteiger partial charge < -0.3 is 5.32 Å². The first-order valence-corrected chi connectivity index (χ1v) is 8.25. The second-order valence-electron chi connectivity index (χ2n) is 6.56. The van der Waals surface area contributed by atoms with Gasteiger partial charge in [-0.1, -0.05) is 23.8 Å². The summed E-state index contributed by atoms with van der Waals surface area (Å²) in [6, 6.07) is 6.90. The summed E-state index contributed by atoms with van der Waals surface area (Å²) in [5.41, 5.74) is 3.27. The lowest BCUT2D eigenvalue weighted by Gasteiger charge is -2.35. The minimum atomic E-state index is 0.106. The molecule has 0 saturated carbocycles. The van der Waals surface area contributed by atoms with Crippen LogP contribution in [0.3, 0.4) is 0 Å². The smallest absolute Gasteiger partial charge is 0.180 e. The summed E-state index contributed by atoms with van der Waals surface area (Å²) in [5.74, 6) is 0.337. The molecule has 3 heteroatoms. The summed E-state index contributed by atoms with van der Waals surface area (Å²) < 4.78 is 0. The molecule has 0 aromatic heterocycles. The van der Waals surface area contributed by atoms with Crippen molar-refractivity contribution in [1.29, 1.82) is 0 Å². The van der Waals surface area contributed by atoms with Crippen LogP contribution in [0, 0.1) is 13.8 Å². The second-order valence-corrected chi connectivity index (χ2v) is 6.56. The number of hydrogen-bond acceptors (Lipinski definition) is 3. The molecular weight excluding hydrogens is 260 g/mol. The van der Waals surface area contributed by atoms with Crippen LogP contribution in [0.5, 0.6) is 0 Å². The zero-order valence-electron chi connectivity index (χ0n) is 13.2. The summed E-state index contributed by atoms with van der Waals surface area (Å²) in [6.07, 6.45) is 4.54. The second kappa shape index (κ2) is 6.29. The largest absolute Gasteiger partial charge is 0.317 e. The SMILES string of the molecule is Cc1ccc(C(=O)C2CCCN2C2CCNCC2)c(C)c1. The standard InChI is InChI=1S/C18H26N2O/c1-13-5-6-16(14(2)12-13)18(21)17-4-3-11-20(17)15-7-9-19-10-8-15/h5-6,12,15,17,19H,3-4,7-11H2,1-2H3. The van der Waals surface area contributed by atoms with Crippen molar-refractivity contribution in [3.63, 3.8) is 0 Å². The number of Topliss-reactive ketones (excluding diaryl/α,β-unsaturated/α-hetero) is 1. The molecule has 114 valence electrons. The number of hydrogen-bond donors (Lipinski definition) is 1. The predicted molar refractivity (Wildman–Crippen MR) is 85.9 cm³/mol. The molecule has 21 heavy (non-hydrogen) atoms. The zero-order chi connectivity index (χ0) is 14.8. The van der Waals surface area contributed by atoms with Gasteiger partial charge in [0.2, 0.25) is 0 Å². The molecule has 0 amide bonds. The number of ketones is 1. The van der Waals surface area contributed by atoms with E-state index in [0.717, 1.165) is 43.6 Å². The number of piperidine rings is 1. The minimum absolute atomic E-state index is 0.106. The maximum Gasteiger partial charge on any atom is 0.180 e. The number of likely N-dealkylation sites (tertiary alicyclic amines) is 1. The Bertz CT molecular complexity index is 520. The normalized spacial score (nSPS) is 24.4. The van der Waals surface area contributed by atoms with Crippen molar-refractivity contribution in [1.82, 2.24) is 10.2 Å². The molecule has 0 bridgehead atoms. The topological polar surface area (TPSA) is 32.3 Å².